The maximum Gasteiger partial charge on any atom is 0.410 e. The van der Waals surface area contributed by atoms with Crippen molar-refractivity contribution in [1.82, 2.24) is 19.9 Å². The summed E-state index contributed by atoms with van der Waals surface area (Å²) in [6.07, 6.45) is 6.79. The van der Waals surface area contributed by atoms with Gasteiger partial charge in [0.25, 0.3) is 5.66 Å². The van der Waals surface area contributed by atoms with Gasteiger partial charge in [0, 0.05) is 48.5 Å². The summed E-state index contributed by atoms with van der Waals surface area (Å²) in [6.45, 7) is 10.0. The van der Waals surface area contributed by atoms with Crippen molar-refractivity contribution < 1.29 is 18.3 Å². The number of nitrogens with zero attached hydrogens (tertiary/aromatic N) is 5. The minimum absolute atomic E-state index is 0.328. The maximum absolute atomic E-state index is 13.7. The quantitative estimate of drug-likeness (QED) is 0.257. The van der Waals surface area contributed by atoms with Crippen LogP contribution in [0.2, 0.25) is 5.02 Å². The molecule has 0 N–H and O–H groups in total. The largest absolute Gasteiger partial charge is 0.437 e. The van der Waals surface area contributed by atoms with Gasteiger partial charge in [-0.15, -0.1) is 0 Å². The summed E-state index contributed by atoms with van der Waals surface area (Å²) in [5, 5.41) is 0.839. The van der Waals surface area contributed by atoms with Crippen molar-refractivity contribution in [2.45, 2.75) is 58.7 Å². The number of ether oxygens (including phenoxy) is 1. The molecule has 0 bridgehead atoms. The summed E-state index contributed by atoms with van der Waals surface area (Å²) in [5.74, 6) is 0.751. The zero-order valence-electron chi connectivity index (χ0n) is 24.8. The minimum atomic E-state index is -3.23. The summed E-state index contributed by atoms with van der Waals surface area (Å²) in [4.78, 5) is 29.3. The SMILES string of the molecule is C/C=C(/c1ccccn1)c1c(C)ncnc1N1CCN(C(=O)OC(C)(C)C(F)(F)P)CC1.CCCc1cccc(Cl)c1. The van der Waals surface area contributed by atoms with Crippen LogP contribution in [0.5, 0.6) is 0 Å². The highest BCUT2D eigenvalue weighted by molar-refractivity contribution is 7.18. The Hall–Kier alpha value is -3.16. The second kappa shape index (κ2) is 14.8. The number of aromatic nitrogens is 3. The second-order valence-corrected chi connectivity index (χ2v) is 11.6. The topological polar surface area (TPSA) is 71.5 Å². The van der Waals surface area contributed by atoms with Crippen molar-refractivity contribution in [3.05, 3.63) is 88.6 Å². The first-order chi connectivity index (χ1) is 19.9. The van der Waals surface area contributed by atoms with Crippen LogP contribution in [0, 0.1) is 6.92 Å². The Morgan fingerprint density at radius 2 is 1.81 bits per heavy atom. The maximum atomic E-state index is 13.7. The number of amides is 1. The van der Waals surface area contributed by atoms with E-state index >= 15 is 0 Å². The Bertz CT molecular complexity index is 1360. The highest BCUT2D eigenvalue weighted by atomic mass is 35.5. The fourth-order valence-electron chi connectivity index (χ4n) is 4.39. The summed E-state index contributed by atoms with van der Waals surface area (Å²) in [6, 6.07) is 13.7. The van der Waals surface area contributed by atoms with Crippen molar-refractivity contribution in [2.75, 3.05) is 31.1 Å². The average molecular weight is 618 g/mol. The van der Waals surface area contributed by atoms with Gasteiger partial charge < -0.3 is 14.5 Å². The molecule has 0 saturated carbocycles. The number of rotatable bonds is 7. The number of carbonyl (C=O) groups is 1. The van der Waals surface area contributed by atoms with E-state index in [1.165, 1.54) is 46.3 Å². The molecule has 1 fully saturated rings. The number of carbonyl (C=O) groups excluding carboxylic acids is 1. The first-order valence-electron chi connectivity index (χ1n) is 13.9. The number of piperazine rings is 1. The number of benzene rings is 1. The van der Waals surface area contributed by atoms with Crippen LogP contribution in [0.3, 0.4) is 0 Å². The van der Waals surface area contributed by atoms with Gasteiger partial charge in [-0.05, 0) is 63.9 Å². The molecule has 1 saturated heterocycles. The number of hydrogen-bond acceptors (Lipinski definition) is 6. The molecule has 1 aliphatic rings. The lowest BCUT2D eigenvalue weighted by Crippen LogP contribution is -2.52. The zero-order chi connectivity index (χ0) is 30.9. The van der Waals surface area contributed by atoms with E-state index in [-0.39, 0.29) is 0 Å². The van der Waals surface area contributed by atoms with Gasteiger partial charge in [0.1, 0.15) is 12.1 Å². The number of aryl methyl sites for hydroxylation is 2. The Morgan fingerprint density at radius 1 is 1.10 bits per heavy atom. The highest BCUT2D eigenvalue weighted by Crippen LogP contribution is 2.38. The molecule has 0 spiro atoms. The van der Waals surface area contributed by atoms with Gasteiger partial charge in [-0.1, -0.05) is 58.5 Å². The van der Waals surface area contributed by atoms with Crippen LogP contribution in [0.1, 0.15) is 56.6 Å². The van der Waals surface area contributed by atoms with E-state index in [0.717, 1.165) is 39.8 Å². The lowest BCUT2D eigenvalue weighted by molar-refractivity contribution is -0.109. The highest BCUT2D eigenvalue weighted by Gasteiger charge is 2.46. The van der Waals surface area contributed by atoms with Gasteiger partial charge in [0.15, 0.2) is 5.60 Å². The molecule has 3 heterocycles. The van der Waals surface area contributed by atoms with Gasteiger partial charge in [0.2, 0.25) is 0 Å². The molecule has 42 heavy (non-hydrogen) atoms. The number of hydrogen-bond donors (Lipinski definition) is 0. The van der Waals surface area contributed by atoms with Gasteiger partial charge in [-0.25, -0.2) is 14.8 Å². The average Bonchev–Trinajstić information content (AvgIpc) is 2.95. The van der Waals surface area contributed by atoms with Crippen LogP contribution in [0.4, 0.5) is 19.4 Å². The Morgan fingerprint density at radius 3 is 2.38 bits per heavy atom. The van der Waals surface area contributed by atoms with Crippen molar-refractivity contribution in [3.8, 4) is 0 Å². The monoisotopic (exact) mass is 617 g/mol. The summed E-state index contributed by atoms with van der Waals surface area (Å²) in [5.41, 5.74) is -0.385. The summed E-state index contributed by atoms with van der Waals surface area (Å²) < 4.78 is 32.4. The van der Waals surface area contributed by atoms with Crippen LogP contribution in [0.15, 0.2) is 61.1 Å². The fraction of sp³-hybridized carbons (Fsp3) is 0.419. The second-order valence-electron chi connectivity index (χ2n) is 10.4. The normalized spacial score (nSPS) is 14.3. The van der Waals surface area contributed by atoms with Gasteiger partial charge in [0.05, 0.1) is 11.4 Å². The summed E-state index contributed by atoms with van der Waals surface area (Å²) >= 11 is 5.78. The molecular weight excluding hydrogens is 579 g/mol. The van der Waals surface area contributed by atoms with Crippen LogP contribution in [0.25, 0.3) is 5.57 Å². The van der Waals surface area contributed by atoms with Crippen LogP contribution in [-0.2, 0) is 11.2 Å². The smallest absolute Gasteiger partial charge is 0.410 e. The third kappa shape index (κ3) is 8.68. The molecule has 4 rings (SSSR count). The van der Waals surface area contributed by atoms with Crippen LogP contribution >= 0.6 is 20.8 Å². The number of pyridine rings is 1. The molecule has 2 aromatic heterocycles. The molecular formula is C31H39ClF2N5O2P. The molecule has 11 heteroatoms. The molecule has 7 nitrogen and oxygen atoms in total. The predicted molar refractivity (Wildman–Crippen MR) is 168 cm³/mol. The van der Waals surface area contributed by atoms with Crippen molar-refractivity contribution in [2.24, 2.45) is 0 Å². The fourth-order valence-corrected chi connectivity index (χ4v) is 4.66. The first-order valence-corrected chi connectivity index (χ1v) is 14.9. The van der Waals surface area contributed by atoms with Crippen LogP contribution in [-0.4, -0.2) is 63.4 Å². The van der Waals surface area contributed by atoms with Crippen molar-refractivity contribution >= 4 is 38.3 Å². The van der Waals surface area contributed by atoms with E-state index in [9.17, 15) is 13.6 Å². The van der Waals surface area contributed by atoms with E-state index in [4.69, 9.17) is 16.3 Å². The molecule has 1 aliphatic heterocycles. The zero-order valence-corrected chi connectivity index (χ0v) is 26.7. The Labute approximate surface area is 254 Å². The summed E-state index contributed by atoms with van der Waals surface area (Å²) in [7, 11) is 1.43. The van der Waals surface area contributed by atoms with E-state index in [1.807, 2.05) is 56.3 Å². The molecule has 3 aromatic rings. The van der Waals surface area contributed by atoms with Gasteiger partial charge in [-0.2, -0.15) is 8.78 Å². The van der Waals surface area contributed by atoms with Gasteiger partial charge in [-0.3, -0.25) is 4.98 Å². The molecule has 1 atom stereocenters. The van der Waals surface area contributed by atoms with E-state index in [0.29, 0.717) is 26.2 Å². The number of anilines is 1. The Balaban J connectivity index is 0.000000408. The number of alkyl halides is 2. The molecule has 0 aliphatic carbocycles. The molecule has 0 radical (unpaired) electrons. The Kier molecular flexibility index (Phi) is 11.8. The molecule has 1 unspecified atom stereocenters. The molecule has 1 aromatic carbocycles. The molecule has 1 amide bonds. The van der Waals surface area contributed by atoms with E-state index < -0.39 is 17.4 Å². The third-order valence-corrected chi connectivity index (χ3v) is 7.86. The molecule has 226 valence electrons. The predicted octanol–water partition coefficient (Wildman–Crippen LogP) is 7.43. The van der Waals surface area contributed by atoms with Crippen LogP contribution < -0.4 is 4.90 Å². The minimum Gasteiger partial charge on any atom is -0.437 e. The lowest BCUT2D eigenvalue weighted by atomic mass is 10.00. The number of allylic oxidation sites excluding steroid dienone is 1. The van der Waals surface area contributed by atoms with E-state index in [1.54, 1.807) is 6.20 Å². The van der Waals surface area contributed by atoms with Gasteiger partial charge >= 0.3 is 6.09 Å². The third-order valence-electron chi connectivity index (χ3n) is 6.93. The number of halogens is 3. The van der Waals surface area contributed by atoms with Crippen molar-refractivity contribution in [3.63, 3.8) is 0 Å². The van der Waals surface area contributed by atoms with Crippen molar-refractivity contribution in [1.29, 1.82) is 0 Å². The first kappa shape index (κ1) is 33.3. The standard InChI is InChI=1S/C22H28F2N5O2P.C9H11Cl/c1-5-16(17-8-6-7-9-25-17)18-15(2)26-14-27-19(18)28-10-12-29(13-11-28)20(30)31-21(3,4)22(23,24)32;1-2-4-8-5-3-6-9(10)7-8/h5-9,14H,10-13,32H2,1-4H3;3,5-7H,2,4H2,1H3/b16-5-;. The van der Waals surface area contributed by atoms with E-state index in [2.05, 4.69) is 32.8 Å². The lowest BCUT2D eigenvalue weighted by Gasteiger charge is -2.38.